The minimum Gasteiger partial charge on any atom is -0.391 e. The van der Waals surface area contributed by atoms with E-state index in [1.807, 2.05) is 18.5 Å². The number of likely N-dealkylation sites (tertiary alicyclic amines) is 1. The van der Waals surface area contributed by atoms with Crippen molar-refractivity contribution in [1.29, 1.82) is 0 Å². The fraction of sp³-hybridized carbons (Fsp3) is 0.889. The summed E-state index contributed by atoms with van der Waals surface area (Å²) in [6, 6.07) is 0.825. The molecule has 1 aliphatic carbocycles. The highest BCUT2D eigenvalue weighted by molar-refractivity contribution is 5.02. The molecule has 1 unspecified atom stereocenters. The molecule has 2 aliphatic rings. The molecule has 1 saturated carbocycles. The highest BCUT2D eigenvalue weighted by Gasteiger charge is 2.29. The Morgan fingerprint density at radius 2 is 1.83 bits per heavy atom. The van der Waals surface area contributed by atoms with E-state index >= 15 is 0 Å². The Bertz CT molecular complexity index is 487. The quantitative estimate of drug-likeness (QED) is 0.906. The monoisotopic (exact) mass is 320 g/mol. The van der Waals surface area contributed by atoms with Gasteiger partial charge in [-0.25, -0.2) is 9.67 Å². The predicted octanol–water partition coefficient (Wildman–Crippen LogP) is 2.87. The summed E-state index contributed by atoms with van der Waals surface area (Å²) in [5.41, 5.74) is 0. The fourth-order valence-corrected chi connectivity index (χ4v) is 4.21. The first-order valence-corrected chi connectivity index (χ1v) is 9.50. The van der Waals surface area contributed by atoms with Gasteiger partial charge in [0.05, 0.1) is 12.6 Å². The van der Waals surface area contributed by atoms with Crippen molar-refractivity contribution in [3.05, 3.63) is 11.6 Å². The zero-order valence-electron chi connectivity index (χ0n) is 14.7. The van der Waals surface area contributed by atoms with E-state index < -0.39 is 0 Å². The molecule has 3 rings (SSSR count). The van der Waals surface area contributed by atoms with Crippen LogP contribution in [0.4, 0.5) is 0 Å². The highest BCUT2D eigenvalue weighted by atomic mass is 16.3. The molecule has 1 aromatic rings. The molecule has 5 nitrogen and oxygen atoms in total. The number of aliphatic hydroxyl groups excluding tert-OH is 1. The van der Waals surface area contributed by atoms with Gasteiger partial charge in [-0.3, -0.25) is 0 Å². The van der Waals surface area contributed by atoms with Crippen molar-refractivity contribution >= 4 is 0 Å². The first-order valence-electron chi connectivity index (χ1n) is 9.50. The molecule has 0 spiro atoms. The maximum atomic E-state index is 9.96. The van der Waals surface area contributed by atoms with Crippen LogP contribution in [0.15, 0.2) is 0 Å². The summed E-state index contributed by atoms with van der Waals surface area (Å²) in [5.74, 6) is 2.43. The number of hydrogen-bond acceptors (Lipinski definition) is 4. The van der Waals surface area contributed by atoms with Gasteiger partial charge in [0.15, 0.2) is 0 Å². The number of aliphatic hydroxyl groups is 1. The van der Waals surface area contributed by atoms with Crippen LogP contribution >= 0.6 is 0 Å². The van der Waals surface area contributed by atoms with Gasteiger partial charge in [-0.05, 0) is 52.1 Å². The predicted molar refractivity (Wildman–Crippen MR) is 91.5 cm³/mol. The second kappa shape index (κ2) is 7.75. The maximum absolute atomic E-state index is 9.96. The van der Waals surface area contributed by atoms with Gasteiger partial charge in [-0.2, -0.15) is 5.10 Å². The summed E-state index contributed by atoms with van der Waals surface area (Å²) in [4.78, 5) is 7.39. The molecule has 0 radical (unpaired) electrons. The third kappa shape index (κ3) is 4.13. The molecule has 2 fully saturated rings. The van der Waals surface area contributed by atoms with Crippen molar-refractivity contribution in [2.24, 2.45) is 0 Å². The molecule has 1 atom stereocenters. The third-order valence-electron chi connectivity index (χ3n) is 5.65. The molecule has 2 heterocycles. The van der Waals surface area contributed by atoms with Crippen molar-refractivity contribution in [2.45, 2.75) is 89.8 Å². The Balaban J connectivity index is 1.60. The van der Waals surface area contributed by atoms with Crippen molar-refractivity contribution in [2.75, 3.05) is 13.1 Å². The third-order valence-corrected chi connectivity index (χ3v) is 5.65. The van der Waals surface area contributed by atoms with E-state index in [1.54, 1.807) is 0 Å². The Hall–Kier alpha value is -0.940. The lowest BCUT2D eigenvalue weighted by Crippen LogP contribution is -2.42. The average molecular weight is 320 g/mol. The number of piperidine rings is 1. The van der Waals surface area contributed by atoms with Crippen LogP contribution in [0.3, 0.4) is 0 Å². The van der Waals surface area contributed by atoms with E-state index in [9.17, 15) is 5.11 Å². The van der Waals surface area contributed by atoms with Crippen LogP contribution in [0.5, 0.6) is 0 Å². The minimum atomic E-state index is -0.322. The summed E-state index contributed by atoms with van der Waals surface area (Å²) in [5, 5.41) is 14.5. The van der Waals surface area contributed by atoms with Crippen molar-refractivity contribution in [1.82, 2.24) is 19.7 Å². The number of aromatic nitrogens is 3. The van der Waals surface area contributed by atoms with E-state index in [1.165, 1.54) is 58.0 Å². The van der Waals surface area contributed by atoms with E-state index in [0.717, 1.165) is 24.1 Å². The van der Waals surface area contributed by atoms with Gasteiger partial charge >= 0.3 is 0 Å². The van der Waals surface area contributed by atoms with E-state index in [2.05, 4.69) is 15.0 Å². The van der Waals surface area contributed by atoms with Gasteiger partial charge < -0.3 is 10.0 Å². The van der Waals surface area contributed by atoms with Gasteiger partial charge in [0, 0.05) is 12.0 Å². The standard InChI is InChI=1S/C18H32N4O/c1-3-17(23)13-22-18(19-14(2)20-22)15-9-11-21(12-10-15)16-7-5-4-6-8-16/h15-17,23H,3-13H2,1-2H3. The number of aryl methyl sites for hydroxylation is 1. The van der Waals surface area contributed by atoms with Crippen LogP contribution in [0.2, 0.25) is 0 Å². The van der Waals surface area contributed by atoms with Gasteiger partial charge in [-0.15, -0.1) is 0 Å². The molecule has 1 aliphatic heterocycles. The second-order valence-corrected chi connectivity index (χ2v) is 7.36. The summed E-state index contributed by atoms with van der Waals surface area (Å²) < 4.78 is 1.96. The fourth-order valence-electron chi connectivity index (χ4n) is 4.21. The van der Waals surface area contributed by atoms with Crippen molar-refractivity contribution < 1.29 is 5.11 Å². The molecule has 1 aromatic heterocycles. The van der Waals surface area contributed by atoms with Crippen molar-refractivity contribution in [3.63, 3.8) is 0 Å². The summed E-state index contributed by atoms with van der Waals surface area (Å²) in [7, 11) is 0. The molecule has 5 heteroatoms. The van der Waals surface area contributed by atoms with Gasteiger partial charge in [0.25, 0.3) is 0 Å². The Morgan fingerprint density at radius 3 is 2.48 bits per heavy atom. The van der Waals surface area contributed by atoms with E-state index in [4.69, 9.17) is 0 Å². The molecule has 23 heavy (non-hydrogen) atoms. The maximum Gasteiger partial charge on any atom is 0.147 e. The normalized spacial score (nSPS) is 23.3. The highest BCUT2D eigenvalue weighted by Crippen LogP contribution is 2.31. The number of nitrogens with zero attached hydrogens (tertiary/aromatic N) is 4. The zero-order valence-corrected chi connectivity index (χ0v) is 14.7. The molecule has 1 N–H and O–H groups in total. The minimum absolute atomic E-state index is 0.322. The number of hydrogen-bond donors (Lipinski definition) is 1. The first kappa shape index (κ1) is 16.9. The zero-order chi connectivity index (χ0) is 16.2. The summed E-state index contributed by atoms with van der Waals surface area (Å²) in [6.45, 7) is 6.93. The lowest BCUT2D eigenvalue weighted by molar-refractivity contribution is 0.116. The molecule has 130 valence electrons. The summed E-state index contributed by atoms with van der Waals surface area (Å²) in [6.07, 6.45) is 9.82. The Kier molecular flexibility index (Phi) is 5.70. The van der Waals surface area contributed by atoms with Crippen molar-refractivity contribution in [3.8, 4) is 0 Å². The molecule has 0 amide bonds. The smallest absolute Gasteiger partial charge is 0.147 e. The van der Waals surface area contributed by atoms with Gasteiger partial charge in [-0.1, -0.05) is 26.2 Å². The lowest BCUT2D eigenvalue weighted by Gasteiger charge is -2.39. The first-order chi connectivity index (χ1) is 11.2. The molecular weight excluding hydrogens is 288 g/mol. The van der Waals surface area contributed by atoms with Crippen LogP contribution in [-0.2, 0) is 6.54 Å². The van der Waals surface area contributed by atoms with Gasteiger partial charge in [0.2, 0.25) is 0 Å². The largest absolute Gasteiger partial charge is 0.391 e. The SMILES string of the molecule is CCC(O)Cn1nc(C)nc1C1CCN(C2CCCCC2)CC1. The van der Waals surface area contributed by atoms with Gasteiger partial charge in [0.1, 0.15) is 11.6 Å². The van der Waals surface area contributed by atoms with E-state index in [-0.39, 0.29) is 6.10 Å². The van der Waals surface area contributed by atoms with Crippen LogP contribution < -0.4 is 0 Å². The number of rotatable bonds is 5. The summed E-state index contributed by atoms with van der Waals surface area (Å²) >= 11 is 0. The lowest BCUT2D eigenvalue weighted by atomic mass is 9.90. The van der Waals surface area contributed by atoms with E-state index in [0.29, 0.717) is 12.5 Å². The second-order valence-electron chi connectivity index (χ2n) is 7.36. The van der Waals surface area contributed by atoms with Crippen LogP contribution in [-0.4, -0.2) is 50.0 Å². The molecule has 0 bridgehead atoms. The van der Waals surface area contributed by atoms with Crippen LogP contribution in [0.25, 0.3) is 0 Å². The Morgan fingerprint density at radius 1 is 1.13 bits per heavy atom. The van der Waals surface area contributed by atoms with Crippen LogP contribution in [0, 0.1) is 6.92 Å². The van der Waals surface area contributed by atoms with Crippen LogP contribution in [0.1, 0.15) is 75.9 Å². The topological polar surface area (TPSA) is 54.2 Å². The molecular formula is C18H32N4O. The average Bonchev–Trinajstić information content (AvgIpc) is 2.96. The Labute approximate surface area is 140 Å². The molecule has 1 saturated heterocycles. The molecule has 0 aromatic carbocycles.